The van der Waals surface area contributed by atoms with Gasteiger partial charge in [0.25, 0.3) is 10.0 Å². The molecule has 1 unspecified atom stereocenters. The summed E-state index contributed by atoms with van der Waals surface area (Å²) in [6, 6.07) is 21.2. The van der Waals surface area contributed by atoms with Crippen molar-refractivity contribution in [1.82, 2.24) is 0 Å². The molecule has 0 N–H and O–H groups in total. The Bertz CT molecular complexity index is 1230. The second kappa shape index (κ2) is 8.07. The first-order valence-corrected chi connectivity index (χ1v) is 11.5. The molecule has 3 aromatic rings. The predicted molar refractivity (Wildman–Crippen MR) is 121 cm³/mol. The van der Waals surface area contributed by atoms with Crippen LogP contribution in [0.25, 0.3) is 0 Å². The molecule has 31 heavy (non-hydrogen) atoms. The minimum atomic E-state index is -3.83. The van der Waals surface area contributed by atoms with E-state index in [-0.39, 0.29) is 16.8 Å². The van der Waals surface area contributed by atoms with Crippen LogP contribution in [0.15, 0.2) is 77.7 Å². The number of nitrogens with zero attached hydrogens (tertiary/aromatic N) is 2. The van der Waals surface area contributed by atoms with Crippen LogP contribution < -0.4 is 13.9 Å². The molecule has 0 aromatic heterocycles. The highest BCUT2D eigenvalue weighted by molar-refractivity contribution is 7.92. The van der Waals surface area contributed by atoms with Crippen molar-refractivity contribution in [2.75, 3.05) is 16.3 Å². The molecule has 0 fully saturated rings. The second-order valence-corrected chi connectivity index (χ2v) is 9.56. The van der Waals surface area contributed by atoms with Crippen LogP contribution in [-0.2, 0) is 21.2 Å². The minimum Gasteiger partial charge on any atom is -0.455 e. The van der Waals surface area contributed by atoms with E-state index >= 15 is 0 Å². The summed E-state index contributed by atoms with van der Waals surface area (Å²) < 4.78 is 34.0. The Morgan fingerprint density at radius 3 is 2.42 bits per heavy atom. The number of anilines is 2. The highest BCUT2D eigenvalue weighted by Gasteiger charge is 2.31. The van der Waals surface area contributed by atoms with E-state index in [2.05, 4.69) is 0 Å². The highest BCUT2D eigenvalue weighted by Crippen LogP contribution is 2.37. The van der Waals surface area contributed by atoms with Crippen molar-refractivity contribution in [3.05, 3.63) is 78.4 Å². The van der Waals surface area contributed by atoms with Gasteiger partial charge in [0.05, 0.1) is 10.6 Å². The molecule has 0 saturated carbocycles. The van der Waals surface area contributed by atoms with Crippen molar-refractivity contribution >= 4 is 27.3 Å². The van der Waals surface area contributed by atoms with Gasteiger partial charge in [0.1, 0.15) is 5.75 Å². The van der Waals surface area contributed by atoms with E-state index in [0.717, 1.165) is 11.3 Å². The third-order valence-corrected chi connectivity index (χ3v) is 7.21. The Morgan fingerprint density at radius 1 is 1.03 bits per heavy atom. The molecular formula is C24H24N2O4S. The molecule has 160 valence electrons. The summed E-state index contributed by atoms with van der Waals surface area (Å²) >= 11 is 0. The van der Waals surface area contributed by atoms with Gasteiger partial charge in [0, 0.05) is 25.7 Å². The van der Waals surface area contributed by atoms with E-state index in [1.807, 2.05) is 37.3 Å². The van der Waals surface area contributed by atoms with Crippen LogP contribution in [0.3, 0.4) is 0 Å². The minimum absolute atomic E-state index is 0.00295. The van der Waals surface area contributed by atoms with Crippen LogP contribution >= 0.6 is 0 Å². The van der Waals surface area contributed by atoms with Crippen LogP contribution in [0, 0.1) is 0 Å². The Hall–Kier alpha value is -3.32. The third kappa shape index (κ3) is 3.88. The standard InChI is InChI=1S/C24H24N2O4S/c1-17-15-19-16-21(13-14-22(19)26(17)18(2)27)31(28,29)25(3)23-11-7-8-12-24(23)30-20-9-5-4-6-10-20/h4-14,16-17H,15H2,1-3H3. The number of ether oxygens (including phenoxy) is 1. The fourth-order valence-electron chi connectivity index (χ4n) is 3.95. The topological polar surface area (TPSA) is 66.9 Å². The molecule has 1 amide bonds. The summed E-state index contributed by atoms with van der Waals surface area (Å²) in [6.07, 6.45) is 0.621. The maximum absolute atomic E-state index is 13.4. The first kappa shape index (κ1) is 20.9. The molecule has 0 saturated heterocycles. The van der Waals surface area contributed by atoms with Gasteiger partial charge in [-0.15, -0.1) is 0 Å². The van der Waals surface area contributed by atoms with E-state index in [0.29, 0.717) is 23.6 Å². The number of carbonyl (C=O) groups is 1. The molecule has 0 spiro atoms. The Kier molecular flexibility index (Phi) is 5.45. The van der Waals surface area contributed by atoms with E-state index < -0.39 is 10.0 Å². The van der Waals surface area contributed by atoms with Crippen LogP contribution in [-0.4, -0.2) is 27.4 Å². The first-order valence-electron chi connectivity index (χ1n) is 10.0. The van der Waals surface area contributed by atoms with Crippen molar-refractivity contribution in [3.8, 4) is 11.5 Å². The van der Waals surface area contributed by atoms with E-state index in [1.54, 1.807) is 47.4 Å². The van der Waals surface area contributed by atoms with E-state index in [9.17, 15) is 13.2 Å². The summed E-state index contributed by atoms with van der Waals surface area (Å²) in [7, 11) is -2.32. The normalized spacial score (nSPS) is 15.5. The molecule has 0 aliphatic carbocycles. The molecule has 0 bridgehead atoms. The molecule has 1 aliphatic heterocycles. The van der Waals surface area contributed by atoms with Crippen molar-refractivity contribution in [1.29, 1.82) is 0 Å². The van der Waals surface area contributed by atoms with Gasteiger partial charge in [-0.05, 0) is 61.4 Å². The van der Waals surface area contributed by atoms with Crippen molar-refractivity contribution in [3.63, 3.8) is 0 Å². The largest absolute Gasteiger partial charge is 0.455 e. The Labute approximate surface area is 182 Å². The van der Waals surface area contributed by atoms with E-state index in [1.165, 1.54) is 18.3 Å². The fourth-order valence-corrected chi connectivity index (χ4v) is 5.21. The van der Waals surface area contributed by atoms with Gasteiger partial charge in [-0.1, -0.05) is 30.3 Å². The number of amides is 1. The Balaban J connectivity index is 1.68. The summed E-state index contributed by atoms with van der Waals surface area (Å²) in [4.78, 5) is 13.9. The molecular weight excluding hydrogens is 412 g/mol. The number of carbonyl (C=O) groups excluding carboxylic acids is 1. The average Bonchev–Trinajstić information content (AvgIpc) is 3.09. The maximum Gasteiger partial charge on any atom is 0.264 e. The maximum atomic E-state index is 13.4. The number of hydrogen-bond acceptors (Lipinski definition) is 4. The molecule has 7 heteroatoms. The lowest BCUT2D eigenvalue weighted by atomic mass is 10.1. The van der Waals surface area contributed by atoms with Crippen molar-refractivity contribution in [2.24, 2.45) is 0 Å². The summed E-state index contributed by atoms with van der Waals surface area (Å²) in [5.41, 5.74) is 2.06. The van der Waals surface area contributed by atoms with Gasteiger partial charge in [0.15, 0.2) is 5.75 Å². The molecule has 1 atom stereocenters. The number of para-hydroxylation sites is 3. The lowest BCUT2D eigenvalue weighted by Gasteiger charge is -2.23. The van der Waals surface area contributed by atoms with Crippen LogP contribution in [0.2, 0.25) is 0 Å². The second-order valence-electron chi connectivity index (χ2n) is 7.59. The van der Waals surface area contributed by atoms with Gasteiger partial charge in [-0.25, -0.2) is 8.42 Å². The van der Waals surface area contributed by atoms with Crippen LogP contribution in [0.5, 0.6) is 11.5 Å². The molecule has 6 nitrogen and oxygen atoms in total. The number of rotatable bonds is 5. The zero-order valence-electron chi connectivity index (χ0n) is 17.6. The molecule has 0 radical (unpaired) electrons. The van der Waals surface area contributed by atoms with Crippen molar-refractivity contribution in [2.45, 2.75) is 31.2 Å². The fraction of sp³-hybridized carbons (Fsp3) is 0.208. The molecule has 4 rings (SSSR count). The Morgan fingerprint density at radius 2 is 1.71 bits per heavy atom. The van der Waals surface area contributed by atoms with Gasteiger partial charge in [0.2, 0.25) is 5.91 Å². The average molecular weight is 437 g/mol. The molecule has 1 aliphatic rings. The number of sulfonamides is 1. The smallest absolute Gasteiger partial charge is 0.264 e. The number of fused-ring (bicyclic) bond motifs is 1. The molecule has 1 heterocycles. The third-order valence-electron chi connectivity index (χ3n) is 5.44. The SMILES string of the molecule is CC(=O)N1c2ccc(S(=O)(=O)N(C)c3ccccc3Oc3ccccc3)cc2CC1C. The van der Waals surface area contributed by atoms with Gasteiger partial charge in [-0.2, -0.15) is 0 Å². The number of benzene rings is 3. The zero-order chi connectivity index (χ0) is 22.2. The van der Waals surface area contributed by atoms with Gasteiger partial charge >= 0.3 is 0 Å². The monoisotopic (exact) mass is 436 g/mol. The lowest BCUT2D eigenvalue weighted by Crippen LogP contribution is -2.33. The van der Waals surface area contributed by atoms with Gasteiger partial charge in [-0.3, -0.25) is 9.10 Å². The predicted octanol–water partition coefficient (Wildman–Crippen LogP) is 4.60. The highest BCUT2D eigenvalue weighted by atomic mass is 32.2. The quantitative estimate of drug-likeness (QED) is 0.586. The summed E-state index contributed by atoms with van der Waals surface area (Å²) in [6.45, 7) is 3.48. The first-order chi connectivity index (χ1) is 14.8. The van der Waals surface area contributed by atoms with E-state index in [4.69, 9.17) is 4.74 Å². The van der Waals surface area contributed by atoms with Crippen LogP contribution in [0.4, 0.5) is 11.4 Å². The summed E-state index contributed by atoms with van der Waals surface area (Å²) in [5.74, 6) is 1.01. The van der Waals surface area contributed by atoms with Crippen molar-refractivity contribution < 1.29 is 17.9 Å². The lowest BCUT2D eigenvalue weighted by molar-refractivity contribution is -0.116. The molecule has 3 aromatic carbocycles. The zero-order valence-corrected chi connectivity index (χ0v) is 18.5. The van der Waals surface area contributed by atoms with Crippen LogP contribution in [0.1, 0.15) is 19.4 Å². The van der Waals surface area contributed by atoms with Gasteiger partial charge < -0.3 is 9.64 Å². The summed E-state index contributed by atoms with van der Waals surface area (Å²) in [5, 5.41) is 0. The number of hydrogen-bond donors (Lipinski definition) is 0.